The Morgan fingerprint density at radius 1 is 1.47 bits per heavy atom. The van der Waals surface area contributed by atoms with Crippen LogP contribution in [0.15, 0.2) is 35.1 Å². The Morgan fingerprint density at radius 2 is 2.12 bits per heavy atom. The number of rotatable bonds is 3. The molecule has 17 heavy (non-hydrogen) atoms. The van der Waals surface area contributed by atoms with E-state index in [1.807, 2.05) is 12.2 Å². The van der Waals surface area contributed by atoms with E-state index in [4.69, 9.17) is 11.1 Å². The van der Waals surface area contributed by atoms with Crippen LogP contribution in [0, 0.1) is 10.8 Å². The standard InChI is InChI=1S/C13H16N2O2/c1-8(14)10-4-2-9(3-5-11(10)15)13(6-7-13)12(16)17/h3-5,14H,2,6-7,15H2,1H3,(H,16,17). The van der Waals surface area contributed by atoms with Crippen molar-refractivity contribution < 1.29 is 9.90 Å². The fourth-order valence-corrected chi connectivity index (χ4v) is 2.20. The number of carboxylic acids is 1. The van der Waals surface area contributed by atoms with Gasteiger partial charge >= 0.3 is 5.97 Å². The zero-order chi connectivity index (χ0) is 12.6. The number of nitrogens with two attached hydrogens (primary N) is 1. The Labute approximate surface area is 100 Å². The topological polar surface area (TPSA) is 87.2 Å². The molecule has 0 bridgehead atoms. The van der Waals surface area contributed by atoms with Crippen LogP contribution in [0.25, 0.3) is 0 Å². The number of allylic oxidation sites excluding steroid dienone is 4. The fourth-order valence-electron chi connectivity index (χ4n) is 2.20. The minimum atomic E-state index is -0.751. The minimum Gasteiger partial charge on any atom is -0.481 e. The van der Waals surface area contributed by atoms with E-state index in [9.17, 15) is 9.90 Å². The Hall–Kier alpha value is -1.84. The van der Waals surface area contributed by atoms with Gasteiger partial charge in [0.25, 0.3) is 0 Å². The first-order valence-corrected chi connectivity index (χ1v) is 5.63. The number of hydrogen-bond acceptors (Lipinski definition) is 3. The summed E-state index contributed by atoms with van der Waals surface area (Å²) in [4.78, 5) is 11.2. The second-order valence-electron chi connectivity index (χ2n) is 4.65. The highest BCUT2D eigenvalue weighted by atomic mass is 16.4. The number of aliphatic carboxylic acids is 1. The normalized spacial score (nSPS) is 21.8. The summed E-state index contributed by atoms with van der Waals surface area (Å²) in [7, 11) is 0. The van der Waals surface area contributed by atoms with Gasteiger partial charge in [-0.3, -0.25) is 4.79 Å². The predicted molar refractivity (Wildman–Crippen MR) is 65.8 cm³/mol. The van der Waals surface area contributed by atoms with Gasteiger partial charge in [0.15, 0.2) is 0 Å². The Morgan fingerprint density at radius 3 is 2.59 bits per heavy atom. The van der Waals surface area contributed by atoms with E-state index < -0.39 is 11.4 Å². The molecule has 1 saturated carbocycles. The monoisotopic (exact) mass is 232 g/mol. The molecule has 0 saturated heterocycles. The molecule has 0 radical (unpaired) electrons. The van der Waals surface area contributed by atoms with Gasteiger partial charge in [0, 0.05) is 17.0 Å². The first-order chi connectivity index (χ1) is 7.97. The molecule has 2 aliphatic rings. The highest BCUT2D eigenvalue weighted by Crippen LogP contribution is 2.53. The molecule has 0 spiro atoms. The van der Waals surface area contributed by atoms with Crippen molar-refractivity contribution in [1.82, 2.24) is 0 Å². The molecule has 0 aromatic carbocycles. The zero-order valence-corrected chi connectivity index (χ0v) is 9.79. The maximum Gasteiger partial charge on any atom is 0.313 e. The lowest BCUT2D eigenvalue weighted by Gasteiger charge is -2.12. The van der Waals surface area contributed by atoms with Crippen LogP contribution in [0.3, 0.4) is 0 Å². The molecule has 0 aromatic heterocycles. The fraction of sp³-hybridized carbons (Fsp3) is 0.385. The van der Waals surface area contributed by atoms with E-state index in [2.05, 4.69) is 0 Å². The van der Waals surface area contributed by atoms with Crippen LogP contribution in [0.2, 0.25) is 0 Å². The molecule has 0 atom stereocenters. The van der Waals surface area contributed by atoms with Crippen LogP contribution in [0.4, 0.5) is 0 Å². The molecule has 0 aromatic rings. The highest BCUT2D eigenvalue weighted by Gasteiger charge is 2.52. The lowest BCUT2D eigenvalue weighted by Crippen LogP contribution is -2.17. The summed E-state index contributed by atoms with van der Waals surface area (Å²) in [6.45, 7) is 1.68. The summed E-state index contributed by atoms with van der Waals surface area (Å²) in [6, 6.07) is 0. The first-order valence-electron chi connectivity index (χ1n) is 5.63. The van der Waals surface area contributed by atoms with Crippen LogP contribution < -0.4 is 5.73 Å². The molecule has 0 heterocycles. The molecule has 1 fully saturated rings. The lowest BCUT2D eigenvalue weighted by atomic mass is 9.92. The quantitative estimate of drug-likeness (QED) is 0.650. The van der Waals surface area contributed by atoms with Crippen molar-refractivity contribution in [3.8, 4) is 0 Å². The van der Waals surface area contributed by atoms with Gasteiger partial charge in [0.1, 0.15) is 0 Å². The third kappa shape index (κ3) is 1.90. The largest absolute Gasteiger partial charge is 0.481 e. The lowest BCUT2D eigenvalue weighted by molar-refractivity contribution is -0.141. The van der Waals surface area contributed by atoms with Crippen molar-refractivity contribution in [3.63, 3.8) is 0 Å². The number of carboxylic acid groups (broad SMARTS) is 1. The number of carbonyl (C=O) groups is 1. The van der Waals surface area contributed by atoms with E-state index in [0.29, 0.717) is 36.2 Å². The van der Waals surface area contributed by atoms with Gasteiger partial charge < -0.3 is 16.2 Å². The molecule has 4 N–H and O–H groups in total. The number of nitrogens with one attached hydrogen (secondary N) is 1. The van der Waals surface area contributed by atoms with Crippen molar-refractivity contribution in [3.05, 3.63) is 35.1 Å². The van der Waals surface area contributed by atoms with Crippen molar-refractivity contribution in [2.45, 2.75) is 26.2 Å². The van der Waals surface area contributed by atoms with Crippen LogP contribution in [-0.2, 0) is 4.79 Å². The van der Waals surface area contributed by atoms with E-state index in [-0.39, 0.29) is 0 Å². The summed E-state index contributed by atoms with van der Waals surface area (Å²) < 4.78 is 0. The summed E-state index contributed by atoms with van der Waals surface area (Å²) >= 11 is 0. The third-order valence-corrected chi connectivity index (χ3v) is 3.48. The van der Waals surface area contributed by atoms with E-state index >= 15 is 0 Å². The predicted octanol–water partition coefficient (Wildman–Crippen LogP) is 1.99. The van der Waals surface area contributed by atoms with Gasteiger partial charge in [-0.25, -0.2) is 0 Å². The highest BCUT2D eigenvalue weighted by molar-refractivity contribution is 5.99. The summed E-state index contributed by atoms with van der Waals surface area (Å²) in [5, 5.41) is 16.8. The van der Waals surface area contributed by atoms with Crippen molar-refractivity contribution in [2.24, 2.45) is 11.1 Å². The van der Waals surface area contributed by atoms with Gasteiger partial charge in [0.2, 0.25) is 0 Å². The molecule has 0 aliphatic heterocycles. The Kier molecular flexibility index (Phi) is 2.65. The summed E-state index contributed by atoms with van der Waals surface area (Å²) in [5.41, 5.74) is 7.72. The number of hydrogen-bond donors (Lipinski definition) is 3. The molecule has 2 aliphatic carbocycles. The van der Waals surface area contributed by atoms with Gasteiger partial charge in [-0.05, 0) is 37.8 Å². The minimum absolute atomic E-state index is 0.411. The van der Waals surface area contributed by atoms with E-state index in [0.717, 1.165) is 5.57 Å². The maximum atomic E-state index is 11.2. The van der Waals surface area contributed by atoms with Crippen LogP contribution >= 0.6 is 0 Å². The third-order valence-electron chi connectivity index (χ3n) is 3.48. The maximum absolute atomic E-state index is 11.2. The van der Waals surface area contributed by atoms with Crippen molar-refractivity contribution >= 4 is 11.7 Å². The molecular formula is C13H16N2O2. The van der Waals surface area contributed by atoms with Gasteiger partial charge in [-0.2, -0.15) is 0 Å². The zero-order valence-electron chi connectivity index (χ0n) is 9.79. The van der Waals surface area contributed by atoms with E-state index in [1.54, 1.807) is 13.0 Å². The average Bonchev–Trinajstić information content (AvgIpc) is 3.01. The second kappa shape index (κ2) is 3.87. The molecule has 4 nitrogen and oxygen atoms in total. The van der Waals surface area contributed by atoms with Gasteiger partial charge in [0.05, 0.1) is 5.41 Å². The summed E-state index contributed by atoms with van der Waals surface area (Å²) in [6.07, 6.45) is 7.35. The SMILES string of the molecule is CC(=N)C1=CCC(C2(C(=O)O)CC2)=CC=C1N. The molecule has 0 amide bonds. The smallest absolute Gasteiger partial charge is 0.313 e. The molecule has 4 heteroatoms. The molecule has 0 unspecified atom stereocenters. The van der Waals surface area contributed by atoms with Crippen LogP contribution in [0.5, 0.6) is 0 Å². The molecule has 2 rings (SSSR count). The Balaban J connectivity index is 2.31. The summed E-state index contributed by atoms with van der Waals surface area (Å²) in [5.74, 6) is -0.751. The van der Waals surface area contributed by atoms with E-state index in [1.165, 1.54) is 0 Å². The van der Waals surface area contributed by atoms with Crippen LogP contribution in [-0.4, -0.2) is 16.8 Å². The second-order valence-corrected chi connectivity index (χ2v) is 4.65. The van der Waals surface area contributed by atoms with Crippen molar-refractivity contribution in [2.75, 3.05) is 0 Å². The molecule has 90 valence electrons. The van der Waals surface area contributed by atoms with Gasteiger partial charge in [-0.15, -0.1) is 0 Å². The Bertz CT molecular complexity index is 480. The molecular weight excluding hydrogens is 216 g/mol. The average molecular weight is 232 g/mol. The first kappa shape index (κ1) is 11.6. The van der Waals surface area contributed by atoms with Gasteiger partial charge in [-0.1, -0.05) is 12.2 Å². The van der Waals surface area contributed by atoms with Crippen molar-refractivity contribution in [1.29, 1.82) is 5.41 Å². The van der Waals surface area contributed by atoms with Crippen LogP contribution in [0.1, 0.15) is 26.2 Å².